The van der Waals surface area contributed by atoms with E-state index in [4.69, 9.17) is 21.4 Å². The van der Waals surface area contributed by atoms with Gasteiger partial charge in [-0.2, -0.15) is 0 Å². The first-order chi connectivity index (χ1) is 8.61. The number of rotatable bonds is 4. The molecule has 1 aromatic heterocycles. The lowest BCUT2D eigenvalue weighted by molar-refractivity contribution is 0.0702. The summed E-state index contributed by atoms with van der Waals surface area (Å²) >= 11 is 7.19. The zero-order valence-corrected chi connectivity index (χ0v) is 11.2. The van der Waals surface area contributed by atoms with Crippen LogP contribution in [0.1, 0.15) is 20.8 Å². The Hall–Kier alpha value is -1.52. The number of ether oxygens (including phenoxy) is 1. The van der Waals surface area contributed by atoms with Crippen molar-refractivity contribution < 1.29 is 14.6 Å². The molecule has 94 valence electrons. The van der Waals surface area contributed by atoms with E-state index < -0.39 is 5.97 Å². The number of thiophene rings is 1. The Morgan fingerprint density at radius 1 is 1.39 bits per heavy atom. The topological polar surface area (TPSA) is 46.5 Å². The van der Waals surface area contributed by atoms with Gasteiger partial charge in [0, 0.05) is 0 Å². The molecule has 1 aromatic carbocycles. The Kier molecular flexibility index (Phi) is 3.89. The Morgan fingerprint density at radius 3 is 2.56 bits per heavy atom. The molecule has 0 fully saturated rings. The number of halogens is 1. The van der Waals surface area contributed by atoms with E-state index in [0.29, 0.717) is 11.4 Å². The molecule has 0 bridgehead atoms. The van der Waals surface area contributed by atoms with Crippen LogP contribution >= 0.6 is 22.9 Å². The average Bonchev–Trinajstić information content (AvgIpc) is 2.72. The predicted octanol–water partition coefficient (Wildman–Crippen LogP) is 3.70. The Balaban J connectivity index is 2.20. The fourth-order valence-electron chi connectivity index (χ4n) is 1.61. The van der Waals surface area contributed by atoms with Gasteiger partial charge in [-0.1, -0.05) is 23.7 Å². The molecule has 2 aromatic rings. The molecule has 0 radical (unpaired) electrons. The summed E-state index contributed by atoms with van der Waals surface area (Å²) in [5.74, 6) is -0.188. The number of aromatic carboxylic acids is 1. The van der Waals surface area contributed by atoms with Crippen molar-refractivity contribution in [3.05, 3.63) is 50.7 Å². The summed E-state index contributed by atoms with van der Waals surface area (Å²) in [7, 11) is 1.61. The van der Waals surface area contributed by atoms with Gasteiger partial charge in [0.1, 0.15) is 10.6 Å². The van der Waals surface area contributed by atoms with Crippen molar-refractivity contribution >= 4 is 28.9 Å². The van der Waals surface area contributed by atoms with Crippen molar-refractivity contribution in [1.82, 2.24) is 0 Å². The lowest BCUT2D eigenvalue weighted by atomic mass is 10.1. The van der Waals surface area contributed by atoms with Crippen LogP contribution in [0.4, 0.5) is 0 Å². The second kappa shape index (κ2) is 5.42. The number of methoxy groups -OCH3 is 1. The quantitative estimate of drug-likeness (QED) is 0.930. The van der Waals surface area contributed by atoms with E-state index in [1.807, 2.05) is 24.3 Å². The normalized spacial score (nSPS) is 10.3. The number of carboxylic acids is 1. The van der Waals surface area contributed by atoms with Crippen LogP contribution in [-0.4, -0.2) is 18.2 Å². The predicted molar refractivity (Wildman–Crippen MR) is 72.1 cm³/mol. The SMILES string of the molecule is COc1ccc(Cc2csc(C(=O)O)c2Cl)cc1. The highest BCUT2D eigenvalue weighted by Gasteiger charge is 2.15. The van der Waals surface area contributed by atoms with Crippen LogP contribution in [0.2, 0.25) is 5.02 Å². The van der Waals surface area contributed by atoms with Gasteiger partial charge >= 0.3 is 5.97 Å². The molecule has 1 heterocycles. The molecule has 0 spiro atoms. The maximum Gasteiger partial charge on any atom is 0.347 e. The summed E-state index contributed by atoms with van der Waals surface area (Å²) in [6.07, 6.45) is 0.618. The third-order valence-electron chi connectivity index (χ3n) is 2.55. The maximum absolute atomic E-state index is 10.9. The molecule has 0 saturated carbocycles. The van der Waals surface area contributed by atoms with Gasteiger partial charge in [-0.05, 0) is 35.1 Å². The molecule has 2 rings (SSSR count). The summed E-state index contributed by atoms with van der Waals surface area (Å²) < 4.78 is 5.08. The molecule has 0 aliphatic carbocycles. The summed E-state index contributed by atoms with van der Waals surface area (Å²) in [6, 6.07) is 7.61. The van der Waals surface area contributed by atoms with E-state index in [0.717, 1.165) is 28.2 Å². The van der Waals surface area contributed by atoms with E-state index in [1.165, 1.54) is 0 Å². The second-order valence-corrected chi connectivity index (χ2v) is 4.99. The van der Waals surface area contributed by atoms with Gasteiger partial charge in [0.25, 0.3) is 0 Å². The lowest BCUT2D eigenvalue weighted by Crippen LogP contribution is -1.94. The van der Waals surface area contributed by atoms with Gasteiger partial charge in [0.15, 0.2) is 0 Å². The molecule has 0 atom stereocenters. The Labute approximate surface area is 114 Å². The lowest BCUT2D eigenvalue weighted by Gasteiger charge is -2.03. The van der Waals surface area contributed by atoms with E-state index in [2.05, 4.69) is 0 Å². The molecule has 3 nitrogen and oxygen atoms in total. The third-order valence-corrected chi connectivity index (χ3v) is 4.11. The van der Waals surface area contributed by atoms with Crippen LogP contribution in [0.5, 0.6) is 5.75 Å². The molecule has 0 aliphatic rings. The molecule has 0 amide bonds. The minimum absolute atomic E-state index is 0.195. The number of carboxylic acid groups (broad SMARTS) is 1. The van der Waals surface area contributed by atoms with Crippen LogP contribution in [0.3, 0.4) is 0 Å². The number of hydrogen-bond donors (Lipinski definition) is 1. The highest BCUT2D eigenvalue weighted by atomic mass is 35.5. The third kappa shape index (κ3) is 2.66. The van der Waals surface area contributed by atoms with Crippen molar-refractivity contribution in [2.24, 2.45) is 0 Å². The molecule has 0 aliphatic heterocycles. The van der Waals surface area contributed by atoms with E-state index in [9.17, 15) is 4.79 Å². The van der Waals surface area contributed by atoms with Crippen molar-refractivity contribution in [2.75, 3.05) is 7.11 Å². The number of hydrogen-bond acceptors (Lipinski definition) is 3. The summed E-state index contributed by atoms with van der Waals surface area (Å²) in [5, 5.41) is 11.0. The van der Waals surface area contributed by atoms with Crippen molar-refractivity contribution in [3.63, 3.8) is 0 Å². The molecule has 18 heavy (non-hydrogen) atoms. The fourth-order valence-corrected chi connectivity index (χ4v) is 2.80. The van der Waals surface area contributed by atoms with Gasteiger partial charge in [-0.15, -0.1) is 11.3 Å². The van der Waals surface area contributed by atoms with Crippen molar-refractivity contribution in [1.29, 1.82) is 0 Å². The molecule has 0 unspecified atom stereocenters. The standard InChI is InChI=1S/C13H11ClO3S/c1-17-10-4-2-8(3-5-10)6-9-7-18-12(11(9)14)13(15)16/h2-5,7H,6H2,1H3,(H,15,16). The molecule has 1 N–H and O–H groups in total. The van der Waals surface area contributed by atoms with Gasteiger partial charge in [0.05, 0.1) is 12.1 Å². The van der Waals surface area contributed by atoms with Gasteiger partial charge in [-0.25, -0.2) is 4.79 Å². The monoisotopic (exact) mass is 282 g/mol. The Bertz CT molecular complexity index is 560. The van der Waals surface area contributed by atoms with E-state index >= 15 is 0 Å². The zero-order valence-electron chi connectivity index (χ0n) is 9.64. The summed E-state index contributed by atoms with van der Waals surface area (Å²) in [4.78, 5) is 11.1. The van der Waals surface area contributed by atoms with Crippen LogP contribution < -0.4 is 4.74 Å². The summed E-state index contributed by atoms with van der Waals surface area (Å²) in [6.45, 7) is 0. The minimum Gasteiger partial charge on any atom is -0.497 e. The maximum atomic E-state index is 10.9. The smallest absolute Gasteiger partial charge is 0.347 e. The largest absolute Gasteiger partial charge is 0.497 e. The van der Waals surface area contributed by atoms with Crippen LogP contribution in [0.15, 0.2) is 29.6 Å². The van der Waals surface area contributed by atoms with Crippen molar-refractivity contribution in [3.8, 4) is 5.75 Å². The first-order valence-electron chi connectivity index (χ1n) is 5.24. The van der Waals surface area contributed by atoms with Crippen LogP contribution in [0.25, 0.3) is 0 Å². The second-order valence-electron chi connectivity index (χ2n) is 3.73. The summed E-state index contributed by atoms with van der Waals surface area (Å²) in [5.41, 5.74) is 1.90. The highest BCUT2D eigenvalue weighted by molar-refractivity contribution is 7.12. The number of carbonyl (C=O) groups is 1. The van der Waals surface area contributed by atoms with E-state index in [-0.39, 0.29) is 4.88 Å². The minimum atomic E-state index is -0.981. The molecule has 0 saturated heterocycles. The highest BCUT2D eigenvalue weighted by Crippen LogP contribution is 2.30. The van der Waals surface area contributed by atoms with Gasteiger partial charge in [0.2, 0.25) is 0 Å². The van der Waals surface area contributed by atoms with Crippen LogP contribution in [-0.2, 0) is 6.42 Å². The zero-order chi connectivity index (χ0) is 13.1. The van der Waals surface area contributed by atoms with Gasteiger partial charge < -0.3 is 9.84 Å². The molecular formula is C13H11ClO3S. The first kappa shape index (κ1) is 12.9. The molecule has 5 heteroatoms. The molecular weight excluding hydrogens is 272 g/mol. The van der Waals surface area contributed by atoms with Crippen LogP contribution in [0, 0.1) is 0 Å². The van der Waals surface area contributed by atoms with Gasteiger partial charge in [-0.3, -0.25) is 0 Å². The number of benzene rings is 1. The first-order valence-corrected chi connectivity index (χ1v) is 6.49. The van der Waals surface area contributed by atoms with Crippen molar-refractivity contribution in [2.45, 2.75) is 6.42 Å². The Morgan fingerprint density at radius 2 is 2.06 bits per heavy atom. The van der Waals surface area contributed by atoms with E-state index in [1.54, 1.807) is 12.5 Å². The average molecular weight is 283 g/mol. The fraction of sp³-hybridized carbons (Fsp3) is 0.154.